The van der Waals surface area contributed by atoms with Gasteiger partial charge in [-0.2, -0.15) is 0 Å². The number of rotatable bonds is 7. The lowest BCUT2D eigenvalue weighted by Crippen LogP contribution is -2.40. The molecule has 1 saturated heterocycles. The van der Waals surface area contributed by atoms with Gasteiger partial charge < -0.3 is 15.5 Å². The zero-order chi connectivity index (χ0) is 22.4. The number of amides is 2. The molecule has 8 nitrogen and oxygen atoms in total. The molecule has 31 heavy (non-hydrogen) atoms. The van der Waals surface area contributed by atoms with Crippen LogP contribution in [0.3, 0.4) is 0 Å². The molecule has 0 saturated carbocycles. The highest BCUT2D eigenvalue weighted by molar-refractivity contribution is 5.92. The second-order valence-corrected chi connectivity index (χ2v) is 7.74. The fourth-order valence-electron chi connectivity index (χ4n) is 3.64. The number of anilines is 2. The van der Waals surface area contributed by atoms with Crippen LogP contribution < -0.4 is 10.6 Å². The van der Waals surface area contributed by atoms with Crippen LogP contribution in [0.1, 0.15) is 43.7 Å². The van der Waals surface area contributed by atoms with Gasteiger partial charge in [0.2, 0.25) is 11.8 Å². The van der Waals surface area contributed by atoms with Crippen LogP contribution in [-0.2, 0) is 16.1 Å². The Kier molecular flexibility index (Phi) is 7.51. The predicted molar refractivity (Wildman–Crippen MR) is 117 cm³/mol. The number of nitrogens with one attached hydrogen (secondary N) is 2. The number of hydrogen-bond acceptors (Lipinski definition) is 6. The third-order valence-electron chi connectivity index (χ3n) is 5.40. The van der Waals surface area contributed by atoms with Gasteiger partial charge in [0.05, 0.1) is 30.5 Å². The Morgan fingerprint density at radius 1 is 1.26 bits per heavy atom. The number of aromatic nitrogens is 2. The average Bonchev–Trinajstić information content (AvgIpc) is 2.75. The summed E-state index contributed by atoms with van der Waals surface area (Å²) in [5.41, 5.74) is 0.900. The minimum atomic E-state index is -0.463. The third-order valence-corrected chi connectivity index (χ3v) is 5.40. The minimum Gasteiger partial charge on any atom is -0.373 e. The fourth-order valence-corrected chi connectivity index (χ4v) is 3.64. The van der Waals surface area contributed by atoms with Crippen molar-refractivity contribution in [1.82, 2.24) is 19.8 Å². The predicted octanol–water partition coefficient (Wildman–Crippen LogP) is 2.80. The monoisotopic (exact) mass is 428 g/mol. The molecule has 1 aliphatic rings. The molecule has 1 aliphatic heterocycles. The van der Waals surface area contributed by atoms with Gasteiger partial charge in [-0.15, -0.1) is 0 Å². The van der Waals surface area contributed by atoms with Crippen LogP contribution in [0.2, 0.25) is 0 Å². The van der Waals surface area contributed by atoms with Crippen molar-refractivity contribution < 1.29 is 14.0 Å². The number of benzene rings is 1. The number of hydrogen-bond donors (Lipinski definition) is 2. The van der Waals surface area contributed by atoms with Gasteiger partial charge in [-0.25, -0.2) is 14.4 Å². The summed E-state index contributed by atoms with van der Waals surface area (Å²) < 4.78 is 13.9. The number of piperidine rings is 1. The van der Waals surface area contributed by atoms with Crippen molar-refractivity contribution >= 4 is 23.3 Å². The maximum absolute atomic E-state index is 13.9. The van der Waals surface area contributed by atoms with E-state index < -0.39 is 5.82 Å². The fraction of sp³-hybridized carbons (Fsp3) is 0.455. The molecule has 2 amide bonds. The van der Waals surface area contributed by atoms with Gasteiger partial charge in [-0.05, 0) is 31.5 Å². The molecule has 0 spiro atoms. The summed E-state index contributed by atoms with van der Waals surface area (Å²) in [6.45, 7) is 2.73. The van der Waals surface area contributed by atoms with E-state index in [1.165, 1.54) is 19.1 Å². The summed E-state index contributed by atoms with van der Waals surface area (Å²) in [7, 11) is 3.51. The largest absolute Gasteiger partial charge is 0.373 e. The molecule has 0 radical (unpaired) electrons. The highest BCUT2D eigenvalue weighted by Gasteiger charge is 2.28. The minimum absolute atomic E-state index is 0.0460. The Labute approximate surface area is 181 Å². The highest BCUT2D eigenvalue weighted by Crippen LogP contribution is 2.29. The van der Waals surface area contributed by atoms with Crippen molar-refractivity contribution in [2.45, 2.75) is 38.8 Å². The second-order valence-electron chi connectivity index (χ2n) is 7.74. The number of likely N-dealkylation sites (tertiary alicyclic amines) is 1. The number of nitrogens with zero attached hydrogens (tertiary/aromatic N) is 4. The van der Waals surface area contributed by atoms with E-state index in [0.717, 1.165) is 31.5 Å². The van der Waals surface area contributed by atoms with E-state index in [4.69, 9.17) is 4.98 Å². The molecule has 1 fully saturated rings. The first-order valence-corrected chi connectivity index (χ1v) is 10.4. The third kappa shape index (κ3) is 5.97. The Balaban J connectivity index is 1.78. The van der Waals surface area contributed by atoms with Gasteiger partial charge in [-0.1, -0.05) is 18.6 Å². The van der Waals surface area contributed by atoms with Gasteiger partial charge in [0.15, 0.2) is 0 Å². The van der Waals surface area contributed by atoms with Crippen molar-refractivity contribution in [1.29, 1.82) is 0 Å². The van der Waals surface area contributed by atoms with Crippen LogP contribution in [0.15, 0.2) is 30.3 Å². The van der Waals surface area contributed by atoms with Crippen LogP contribution in [0.5, 0.6) is 0 Å². The van der Waals surface area contributed by atoms with Crippen molar-refractivity contribution in [3.63, 3.8) is 0 Å². The van der Waals surface area contributed by atoms with Gasteiger partial charge in [0, 0.05) is 27.1 Å². The molecule has 166 valence electrons. The smallest absolute Gasteiger partial charge is 0.238 e. The normalized spacial score (nSPS) is 16.6. The van der Waals surface area contributed by atoms with Crippen molar-refractivity contribution in [2.75, 3.05) is 37.8 Å². The quantitative estimate of drug-likeness (QED) is 0.705. The van der Waals surface area contributed by atoms with Crippen molar-refractivity contribution in [3.8, 4) is 0 Å². The van der Waals surface area contributed by atoms with Crippen LogP contribution >= 0.6 is 0 Å². The zero-order valence-electron chi connectivity index (χ0n) is 18.2. The van der Waals surface area contributed by atoms with Crippen LogP contribution in [0.4, 0.5) is 15.9 Å². The van der Waals surface area contributed by atoms with E-state index >= 15 is 0 Å². The first-order chi connectivity index (χ1) is 14.9. The van der Waals surface area contributed by atoms with Crippen molar-refractivity contribution in [3.05, 3.63) is 47.7 Å². The Morgan fingerprint density at radius 2 is 2.03 bits per heavy atom. The zero-order valence-corrected chi connectivity index (χ0v) is 18.2. The molecule has 2 N–H and O–H groups in total. The summed E-state index contributed by atoms with van der Waals surface area (Å²) in [6.07, 6.45) is 2.79. The summed E-state index contributed by atoms with van der Waals surface area (Å²) in [5, 5.41) is 5.70. The lowest BCUT2D eigenvalue weighted by Gasteiger charge is -2.34. The van der Waals surface area contributed by atoms with E-state index in [2.05, 4.69) is 15.6 Å². The van der Waals surface area contributed by atoms with E-state index in [1.54, 1.807) is 31.1 Å². The molecule has 1 aromatic carbocycles. The van der Waals surface area contributed by atoms with Gasteiger partial charge in [0.25, 0.3) is 0 Å². The molecule has 3 rings (SSSR count). The maximum atomic E-state index is 13.9. The summed E-state index contributed by atoms with van der Waals surface area (Å²) in [6, 6.07) is 7.81. The van der Waals surface area contributed by atoms with Gasteiger partial charge in [0.1, 0.15) is 17.5 Å². The molecule has 0 aliphatic carbocycles. The lowest BCUT2D eigenvalue weighted by atomic mass is 10.0. The van der Waals surface area contributed by atoms with Crippen LogP contribution in [0, 0.1) is 5.82 Å². The lowest BCUT2D eigenvalue weighted by molar-refractivity contribution is -0.128. The molecular formula is C22H29FN6O2. The standard InChI is InChI=1S/C22H29FN6O2/c1-15(30)28(3)13-16-12-20(24-2)27-22(25-16)19-10-6-7-11-29(19)14-21(31)26-18-9-5-4-8-17(18)23/h4-5,8-9,12,19H,6-7,10-11,13-14H2,1-3H3,(H,26,31)(H,24,25,27)/t19-/m1/s1. The Hall–Kier alpha value is -3.07. The molecule has 1 aromatic heterocycles. The molecule has 2 aromatic rings. The topological polar surface area (TPSA) is 90.5 Å². The molecule has 9 heteroatoms. The van der Waals surface area contributed by atoms with E-state index in [1.807, 2.05) is 11.0 Å². The first kappa shape index (κ1) is 22.6. The first-order valence-electron chi connectivity index (χ1n) is 10.4. The van der Waals surface area contributed by atoms with Crippen LogP contribution in [0.25, 0.3) is 0 Å². The SMILES string of the molecule is CNc1cc(CN(C)C(C)=O)nc([C@H]2CCCCN2CC(=O)Nc2ccccc2F)n1. The maximum Gasteiger partial charge on any atom is 0.238 e. The molecule has 2 heterocycles. The van der Waals surface area contributed by atoms with Gasteiger partial charge in [-0.3, -0.25) is 14.5 Å². The Morgan fingerprint density at radius 3 is 2.74 bits per heavy atom. The average molecular weight is 429 g/mol. The molecule has 1 atom stereocenters. The van der Waals surface area contributed by atoms with E-state index in [9.17, 15) is 14.0 Å². The molecule has 0 bridgehead atoms. The Bertz CT molecular complexity index is 938. The van der Waals surface area contributed by atoms with Gasteiger partial charge >= 0.3 is 0 Å². The number of halogens is 1. The van der Waals surface area contributed by atoms with Crippen LogP contribution in [-0.4, -0.2) is 58.8 Å². The van der Waals surface area contributed by atoms with E-state index in [0.29, 0.717) is 18.2 Å². The summed E-state index contributed by atoms with van der Waals surface area (Å²) in [4.78, 5) is 37.2. The van der Waals surface area contributed by atoms with E-state index in [-0.39, 0.29) is 30.1 Å². The summed E-state index contributed by atoms with van der Waals surface area (Å²) >= 11 is 0. The molecule has 0 unspecified atom stereocenters. The highest BCUT2D eigenvalue weighted by atomic mass is 19.1. The number of carbonyl (C=O) groups excluding carboxylic acids is 2. The van der Waals surface area contributed by atoms with Crippen molar-refractivity contribution in [2.24, 2.45) is 0 Å². The number of carbonyl (C=O) groups is 2. The summed E-state index contributed by atoms with van der Waals surface area (Å²) in [5.74, 6) is 0.499. The second kappa shape index (κ2) is 10.3. The number of para-hydroxylation sites is 1. The molecular weight excluding hydrogens is 399 g/mol.